The number of pyridine rings is 1. The molecule has 1 aliphatic rings. The molecule has 1 amide bonds. The van der Waals surface area contributed by atoms with E-state index < -0.39 is 29.1 Å². The lowest BCUT2D eigenvalue weighted by atomic mass is 10.2. The molecule has 0 N–H and O–H groups in total. The summed E-state index contributed by atoms with van der Waals surface area (Å²) in [5, 5.41) is 0. The Hall–Kier alpha value is -3.64. The van der Waals surface area contributed by atoms with Crippen LogP contribution < -0.4 is 16.0 Å². The van der Waals surface area contributed by atoms with Crippen molar-refractivity contribution in [1.82, 2.24) is 28.6 Å². The molecule has 1 unspecified atom stereocenters. The van der Waals surface area contributed by atoms with E-state index in [1.54, 1.807) is 0 Å². The van der Waals surface area contributed by atoms with E-state index in [2.05, 4.69) is 9.97 Å². The maximum absolute atomic E-state index is 12.9. The third-order valence-corrected chi connectivity index (χ3v) is 5.37. The minimum absolute atomic E-state index is 0.128. The van der Waals surface area contributed by atoms with E-state index in [9.17, 15) is 27.6 Å². The number of aromatic nitrogens is 5. The zero-order valence-electron chi connectivity index (χ0n) is 17.2. The first-order valence-corrected chi connectivity index (χ1v) is 9.65. The Labute approximate surface area is 178 Å². The van der Waals surface area contributed by atoms with E-state index in [1.165, 1.54) is 34.5 Å². The predicted molar refractivity (Wildman–Crippen MR) is 105 cm³/mol. The van der Waals surface area contributed by atoms with Gasteiger partial charge in [0.1, 0.15) is 12.6 Å². The quantitative estimate of drug-likeness (QED) is 0.572. The Balaban J connectivity index is 1.46. The zero-order valence-corrected chi connectivity index (χ0v) is 17.2. The fourth-order valence-electron chi connectivity index (χ4n) is 3.63. The highest BCUT2D eigenvalue weighted by molar-refractivity contribution is 5.79. The number of amides is 1. The van der Waals surface area contributed by atoms with Crippen LogP contribution in [0.1, 0.15) is 12.0 Å². The average molecular weight is 452 g/mol. The van der Waals surface area contributed by atoms with Gasteiger partial charge in [-0.1, -0.05) is 0 Å². The van der Waals surface area contributed by atoms with Crippen LogP contribution in [-0.2, 0) is 31.6 Å². The van der Waals surface area contributed by atoms with E-state index in [0.717, 1.165) is 22.9 Å². The lowest BCUT2D eigenvalue weighted by Crippen LogP contribution is -2.38. The fourth-order valence-corrected chi connectivity index (χ4v) is 3.63. The van der Waals surface area contributed by atoms with Crippen LogP contribution in [0.25, 0.3) is 11.2 Å². The molecule has 32 heavy (non-hydrogen) atoms. The number of alkyl halides is 3. The standard InChI is InChI=1S/C19H19F3N6O4/c1-25-16-15(17(30)26(2)18(25)31)28(10-24-16)9-14(29)27-6-4-12(8-27)32-13-7-11(3-5-23-13)19(20,21)22/h3,5,7,10,12H,4,6,8-9H2,1-2H3. The summed E-state index contributed by atoms with van der Waals surface area (Å²) in [6, 6.07) is 1.68. The van der Waals surface area contributed by atoms with E-state index in [1.807, 2.05) is 0 Å². The number of carbonyl (C=O) groups is 1. The van der Waals surface area contributed by atoms with Crippen molar-refractivity contribution in [1.29, 1.82) is 0 Å². The van der Waals surface area contributed by atoms with Gasteiger partial charge in [0.15, 0.2) is 11.2 Å². The van der Waals surface area contributed by atoms with Crippen molar-refractivity contribution >= 4 is 17.1 Å². The van der Waals surface area contributed by atoms with E-state index >= 15 is 0 Å². The van der Waals surface area contributed by atoms with Gasteiger partial charge in [0.05, 0.1) is 18.4 Å². The lowest BCUT2D eigenvalue weighted by molar-refractivity contribution is -0.137. The largest absolute Gasteiger partial charge is 0.472 e. The predicted octanol–water partition coefficient (Wildman–Crippen LogP) is 0.527. The highest BCUT2D eigenvalue weighted by atomic mass is 19.4. The number of aryl methyl sites for hydroxylation is 1. The van der Waals surface area contributed by atoms with Gasteiger partial charge in [-0.25, -0.2) is 14.8 Å². The summed E-state index contributed by atoms with van der Waals surface area (Å²) >= 11 is 0. The van der Waals surface area contributed by atoms with Crippen LogP contribution >= 0.6 is 0 Å². The molecule has 0 aromatic carbocycles. The highest BCUT2D eigenvalue weighted by Crippen LogP contribution is 2.31. The summed E-state index contributed by atoms with van der Waals surface area (Å²) in [4.78, 5) is 46.7. The molecule has 0 radical (unpaired) electrons. The van der Waals surface area contributed by atoms with E-state index in [4.69, 9.17) is 4.74 Å². The third-order valence-electron chi connectivity index (χ3n) is 5.37. The molecule has 13 heteroatoms. The number of nitrogens with zero attached hydrogens (tertiary/aromatic N) is 6. The van der Waals surface area contributed by atoms with E-state index in [-0.39, 0.29) is 36.0 Å². The van der Waals surface area contributed by atoms with Crippen LogP contribution in [0.4, 0.5) is 13.2 Å². The summed E-state index contributed by atoms with van der Waals surface area (Å²) < 4.78 is 47.6. The Morgan fingerprint density at radius 1 is 1.22 bits per heavy atom. The van der Waals surface area contributed by atoms with Gasteiger partial charge < -0.3 is 14.2 Å². The Morgan fingerprint density at radius 3 is 2.69 bits per heavy atom. The van der Waals surface area contributed by atoms with Crippen molar-refractivity contribution in [2.75, 3.05) is 13.1 Å². The number of hydrogen-bond donors (Lipinski definition) is 0. The maximum Gasteiger partial charge on any atom is 0.416 e. The van der Waals surface area contributed by atoms with Crippen LogP contribution in [0, 0.1) is 0 Å². The summed E-state index contributed by atoms with van der Waals surface area (Å²) in [6.07, 6.45) is -2.26. The van der Waals surface area contributed by atoms with Gasteiger partial charge in [-0.15, -0.1) is 0 Å². The molecule has 1 fully saturated rings. The number of halogens is 3. The Kier molecular flexibility index (Phi) is 5.26. The molecule has 10 nitrogen and oxygen atoms in total. The smallest absolute Gasteiger partial charge is 0.416 e. The third kappa shape index (κ3) is 3.85. The molecule has 0 spiro atoms. The first-order chi connectivity index (χ1) is 15.1. The van der Waals surface area contributed by atoms with Crippen molar-refractivity contribution in [3.63, 3.8) is 0 Å². The molecule has 3 aromatic rings. The topological polar surface area (TPSA) is 104 Å². The van der Waals surface area contributed by atoms with Crippen LogP contribution in [0.3, 0.4) is 0 Å². The molecule has 4 rings (SSSR count). The Morgan fingerprint density at radius 2 is 1.97 bits per heavy atom. The van der Waals surface area contributed by atoms with Gasteiger partial charge in [-0.2, -0.15) is 13.2 Å². The van der Waals surface area contributed by atoms with Gasteiger partial charge in [0.25, 0.3) is 5.56 Å². The van der Waals surface area contributed by atoms with Crippen molar-refractivity contribution < 1.29 is 22.7 Å². The number of carbonyl (C=O) groups excluding carboxylic acids is 1. The normalized spacial score (nSPS) is 16.7. The van der Waals surface area contributed by atoms with Crippen LogP contribution in [-0.4, -0.2) is 53.7 Å². The average Bonchev–Trinajstić information content (AvgIpc) is 3.38. The summed E-state index contributed by atoms with van der Waals surface area (Å²) in [7, 11) is 2.82. The molecule has 170 valence electrons. The minimum atomic E-state index is -4.51. The van der Waals surface area contributed by atoms with Gasteiger partial charge in [-0.05, 0) is 6.07 Å². The van der Waals surface area contributed by atoms with Crippen LogP contribution in [0.2, 0.25) is 0 Å². The monoisotopic (exact) mass is 452 g/mol. The summed E-state index contributed by atoms with van der Waals surface area (Å²) in [6.45, 7) is 0.323. The van der Waals surface area contributed by atoms with Gasteiger partial charge in [-0.3, -0.25) is 18.7 Å². The molecule has 4 heterocycles. The Bertz CT molecular complexity index is 1310. The van der Waals surface area contributed by atoms with Gasteiger partial charge in [0.2, 0.25) is 11.8 Å². The lowest BCUT2D eigenvalue weighted by Gasteiger charge is -2.18. The second-order valence-electron chi connectivity index (χ2n) is 7.50. The van der Waals surface area contributed by atoms with Crippen molar-refractivity contribution in [3.8, 4) is 5.88 Å². The zero-order chi connectivity index (χ0) is 23.2. The first-order valence-electron chi connectivity index (χ1n) is 9.65. The second-order valence-corrected chi connectivity index (χ2v) is 7.50. The van der Waals surface area contributed by atoms with Gasteiger partial charge >= 0.3 is 11.9 Å². The molecular weight excluding hydrogens is 433 g/mol. The van der Waals surface area contributed by atoms with Crippen molar-refractivity contribution in [2.24, 2.45) is 14.1 Å². The summed E-state index contributed by atoms with van der Waals surface area (Å²) in [5.41, 5.74) is -1.66. The maximum atomic E-state index is 12.9. The number of hydrogen-bond acceptors (Lipinski definition) is 6. The first kappa shape index (κ1) is 21.6. The van der Waals surface area contributed by atoms with Crippen molar-refractivity contribution in [2.45, 2.75) is 25.2 Å². The molecule has 1 aliphatic heterocycles. The van der Waals surface area contributed by atoms with Gasteiger partial charge in [0, 0.05) is 39.3 Å². The second kappa shape index (κ2) is 7.80. The minimum Gasteiger partial charge on any atom is -0.472 e. The molecular formula is C19H19F3N6O4. The number of ether oxygens (including phenoxy) is 1. The van der Waals surface area contributed by atoms with Crippen LogP contribution in [0.15, 0.2) is 34.2 Å². The molecule has 3 aromatic heterocycles. The molecule has 0 aliphatic carbocycles. The molecule has 0 saturated carbocycles. The molecule has 1 saturated heterocycles. The number of imidazole rings is 1. The SMILES string of the molecule is Cn1c(=O)c2c(ncn2CC(=O)N2CCC(Oc3cc(C(F)(F)F)ccn3)C2)n(C)c1=O. The van der Waals surface area contributed by atoms with Crippen LogP contribution in [0.5, 0.6) is 5.88 Å². The summed E-state index contributed by atoms with van der Waals surface area (Å²) in [5.74, 6) is -0.479. The molecule has 1 atom stereocenters. The van der Waals surface area contributed by atoms with Crippen molar-refractivity contribution in [3.05, 3.63) is 51.1 Å². The fraction of sp³-hybridized carbons (Fsp3) is 0.421. The number of rotatable bonds is 4. The number of fused-ring (bicyclic) bond motifs is 1. The van der Waals surface area contributed by atoms with E-state index in [0.29, 0.717) is 13.0 Å². The number of likely N-dealkylation sites (tertiary alicyclic amines) is 1. The highest BCUT2D eigenvalue weighted by Gasteiger charge is 2.32. The molecule has 0 bridgehead atoms.